The van der Waals surface area contributed by atoms with Crippen molar-refractivity contribution in [3.63, 3.8) is 0 Å². The molecule has 0 bridgehead atoms. The maximum absolute atomic E-state index is 2.40. The van der Waals surface area contributed by atoms with Crippen LogP contribution in [0.1, 0.15) is 40.5 Å². The Kier molecular flexibility index (Phi) is 6.91. The minimum Gasteiger partial charge on any atom is -0.0758 e. The maximum Gasteiger partial charge on any atom is 0.00901 e. The van der Waals surface area contributed by atoms with Crippen LogP contribution in [-0.2, 0) is 6.42 Å². The van der Waals surface area contributed by atoms with Crippen LogP contribution in [0.25, 0.3) is 6.08 Å². The van der Waals surface area contributed by atoms with Crippen LogP contribution in [0.2, 0.25) is 0 Å². The molecule has 4 rings (SSSR count). The molecule has 148 valence electrons. The van der Waals surface area contributed by atoms with Gasteiger partial charge in [-0.05, 0) is 41.0 Å². The van der Waals surface area contributed by atoms with Crippen molar-refractivity contribution in [1.82, 2.24) is 0 Å². The maximum atomic E-state index is 2.40. The molecule has 0 heteroatoms. The molecular formula is C30H28. The number of benzene rings is 4. The van der Waals surface area contributed by atoms with Gasteiger partial charge in [-0.25, -0.2) is 0 Å². The second-order valence-corrected chi connectivity index (χ2v) is 7.75. The van der Waals surface area contributed by atoms with Gasteiger partial charge in [-0.1, -0.05) is 133 Å². The first-order valence-electron chi connectivity index (χ1n) is 10.8. The molecule has 0 radical (unpaired) electrons. The third kappa shape index (κ3) is 5.36. The molecule has 0 N–H and O–H groups in total. The van der Waals surface area contributed by atoms with Crippen LogP contribution in [0.3, 0.4) is 0 Å². The lowest BCUT2D eigenvalue weighted by atomic mass is 9.78. The van der Waals surface area contributed by atoms with E-state index in [1.54, 1.807) is 0 Å². The molecular weight excluding hydrogens is 360 g/mol. The summed E-state index contributed by atoms with van der Waals surface area (Å²) in [4.78, 5) is 0. The summed E-state index contributed by atoms with van der Waals surface area (Å²) >= 11 is 0. The van der Waals surface area contributed by atoms with Crippen LogP contribution in [0.4, 0.5) is 0 Å². The second kappa shape index (κ2) is 10.4. The summed E-state index contributed by atoms with van der Waals surface area (Å²) in [5.41, 5.74) is 5.41. The molecule has 30 heavy (non-hydrogen) atoms. The first-order valence-corrected chi connectivity index (χ1v) is 10.8. The standard InChI is InChI=1S/C30H28/c1-5-13-25(14-6-1)21-23-29(27-17-9-3-10-18-27)30(28-19-11-4-12-20-28)24-22-26-15-7-2-8-16-26/h1-21,23,29-30H,22,24H2. The highest BCUT2D eigenvalue weighted by atomic mass is 14.3. The number of aryl methyl sites for hydroxylation is 1. The quantitative estimate of drug-likeness (QED) is 0.288. The summed E-state index contributed by atoms with van der Waals surface area (Å²) in [7, 11) is 0. The van der Waals surface area contributed by atoms with E-state index < -0.39 is 0 Å². The Morgan fingerprint density at radius 3 is 1.63 bits per heavy atom. The fraction of sp³-hybridized carbons (Fsp3) is 0.133. The fourth-order valence-electron chi connectivity index (χ4n) is 4.15. The van der Waals surface area contributed by atoms with Crippen molar-refractivity contribution in [2.45, 2.75) is 24.7 Å². The summed E-state index contributed by atoms with van der Waals surface area (Å²) in [5, 5.41) is 0. The van der Waals surface area contributed by atoms with Crippen molar-refractivity contribution in [2.24, 2.45) is 0 Å². The largest absolute Gasteiger partial charge is 0.0758 e. The summed E-state index contributed by atoms with van der Waals surface area (Å²) in [6.07, 6.45) is 6.85. The van der Waals surface area contributed by atoms with Crippen LogP contribution in [-0.4, -0.2) is 0 Å². The van der Waals surface area contributed by atoms with Gasteiger partial charge in [-0.15, -0.1) is 0 Å². The Balaban J connectivity index is 1.69. The van der Waals surface area contributed by atoms with Crippen molar-refractivity contribution in [2.75, 3.05) is 0 Å². The van der Waals surface area contributed by atoms with E-state index in [1.807, 2.05) is 0 Å². The van der Waals surface area contributed by atoms with Crippen molar-refractivity contribution < 1.29 is 0 Å². The van der Waals surface area contributed by atoms with E-state index in [0.717, 1.165) is 12.8 Å². The van der Waals surface area contributed by atoms with Gasteiger partial charge in [0.05, 0.1) is 0 Å². The topological polar surface area (TPSA) is 0 Å². The molecule has 0 aliphatic heterocycles. The summed E-state index contributed by atoms with van der Waals surface area (Å²) < 4.78 is 0. The molecule has 4 aromatic carbocycles. The summed E-state index contributed by atoms with van der Waals surface area (Å²) in [6.45, 7) is 0. The van der Waals surface area contributed by atoms with Crippen LogP contribution < -0.4 is 0 Å². The third-order valence-electron chi connectivity index (χ3n) is 5.73. The van der Waals surface area contributed by atoms with Crippen LogP contribution in [0.15, 0.2) is 127 Å². The molecule has 0 aliphatic rings. The zero-order chi connectivity index (χ0) is 20.4. The fourth-order valence-corrected chi connectivity index (χ4v) is 4.15. The first kappa shape index (κ1) is 19.9. The molecule has 0 saturated carbocycles. The normalized spacial score (nSPS) is 13.2. The Morgan fingerprint density at radius 1 is 0.533 bits per heavy atom. The van der Waals surface area contributed by atoms with Crippen molar-refractivity contribution in [1.29, 1.82) is 0 Å². The van der Waals surface area contributed by atoms with Crippen LogP contribution in [0.5, 0.6) is 0 Å². The molecule has 0 nitrogen and oxygen atoms in total. The predicted molar refractivity (Wildman–Crippen MR) is 129 cm³/mol. The Morgan fingerprint density at radius 2 is 1.03 bits per heavy atom. The van der Waals surface area contributed by atoms with Gasteiger partial charge in [-0.3, -0.25) is 0 Å². The molecule has 0 fully saturated rings. The number of rotatable bonds is 8. The van der Waals surface area contributed by atoms with Crippen LogP contribution in [0, 0.1) is 0 Å². The van der Waals surface area contributed by atoms with Gasteiger partial charge in [0.2, 0.25) is 0 Å². The van der Waals surface area contributed by atoms with Crippen LogP contribution >= 0.6 is 0 Å². The molecule has 2 atom stereocenters. The minimum atomic E-state index is 0.317. The lowest BCUT2D eigenvalue weighted by Gasteiger charge is -2.26. The van der Waals surface area contributed by atoms with Gasteiger partial charge in [0, 0.05) is 5.92 Å². The smallest absolute Gasteiger partial charge is 0.00901 e. The van der Waals surface area contributed by atoms with E-state index in [9.17, 15) is 0 Å². The Hall–Kier alpha value is -3.38. The van der Waals surface area contributed by atoms with Crippen molar-refractivity contribution >= 4 is 6.08 Å². The molecule has 0 heterocycles. The van der Waals surface area contributed by atoms with Gasteiger partial charge < -0.3 is 0 Å². The number of allylic oxidation sites excluding steroid dienone is 1. The van der Waals surface area contributed by atoms with Gasteiger partial charge in [-0.2, -0.15) is 0 Å². The molecule has 0 aromatic heterocycles. The summed E-state index contributed by atoms with van der Waals surface area (Å²) in [6, 6.07) is 43.3. The second-order valence-electron chi connectivity index (χ2n) is 7.75. The van der Waals surface area contributed by atoms with Crippen molar-refractivity contribution in [3.05, 3.63) is 150 Å². The Labute approximate surface area is 180 Å². The monoisotopic (exact) mass is 388 g/mol. The van der Waals surface area contributed by atoms with E-state index >= 15 is 0 Å². The lowest BCUT2D eigenvalue weighted by molar-refractivity contribution is 0.571. The van der Waals surface area contributed by atoms with E-state index in [0.29, 0.717) is 11.8 Å². The highest BCUT2D eigenvalue weighted by Gasteiger charge is 2.22. The molecule has 4 aromatic rings. The van der Waals surface area contributed by atoms with Gasteiger partial charge in [0.1, 0.15) is 0 Å². The zero-order valence-electron chi connectivity index (χ0n) is 17.3. The first-order chi connectivity index (χ1) is 14.9. The molecule has 0 aliphatic carbocycles. The van der Waals surface area contributed by atoms with E-state index in [4.69, 9.17) is 0 Å². The van der Waals surface area contributed by atoms with E-state index in [-0.39, 0.29) is 0 Å². The molecule has 0 spiro atoms. The van der Waals surface area contributed by atoms with E-state index in [2.05, 4.69) is 133 Å². The molecule has 0 saturated heterocycles. The van der Waals surface area contributed by atoms with Gasteiger partial charge in [0.15, 0.2) is 0 Å². The molecule has 2 unspecified atom stereocenters. The van der Waals surface area contributed by atoms with E-state index in [1.165, 1.54) is 22.3 Å². The predicted octanol–water partition coefficient (Wildman–Crippen LogP) is 7.90. The average molecular weight is 389 g/mol. The lowest BCUT2D eigenvalue weighted by Crippen LogP contribution is -2.11. The number of hydrogen-bond donors (Lipinski definition) is 0. The molecule has 0 amide bonds. The zero-order valence-corrected chi connectivity index (χ0v) is 17.3. The Bertz CT molecular complexity index is 1020. The SMILES string of the molecule is C(=CC(c1ccccc1)C(CCc1ccccc1)c1ccccc1)c1ccccc1. The number of hydrogen-bond acceptors (Lipinski definition) is 0. The minimum absolute atomic E-state index is 0.317. The third-order valence-corrected chi connectivity index (χ3v) is 5.73. The highest BCUT2D eigenvalue weighted by Crippen LogP contribution is 2.38. The van der Waals surface area contributed by atoms with Gasteiger partial charge >= 0.3 is 0 Å². The summed E-state index contributed by atoms with van der Waals surface area (Å²) in [5.74, 6) is 0.728. The highest BCUT2D eigenvalue weighted by molar-refractivity contribution is 5.51. The van der Waals surface area contributed by atoms with Crippen molar-refractivity contribution in [3.8, 4) is 0 Å². The van der Waals surface area contributed by atoms with Gasteiger partial charge in [0.25, 0.3) is 0 Å². The average Bonchev–Trinajstić information content (AvgIpc) is 2.83.